The highest BCUT2D eigenvalue weighted by atomic mass is 35.5. The summed E-state index contributed by atoms with van der Waals surface area (Å²) >= 11 is 6.16. The Morgan fingerprint density at radius 3 is 2.65 bits per heavy atom. The van der Waals surface area contributed by atoms with Gasteiger partial charge in [-0.15, -0.1) is 0 Å². The van der Waals surface area contributed by atoms with Crippen LogP contribution in [0.5, 0.6) is 17.2 Å². The third-order valence-electron chi connectivity index (χ3n) is 4.02. The van der Waals surface area contributed by atoms with Crippen molar-refractivity contribution in [3.8, 4) is 23.3 Å². The smallest absolute Gasteiger partial charge is 0.364 e. The standard InChI is InChI=1S/C22H18ClN3O5/c1-2-29-19-13-15(14-24)12-17(23)21(19)31-22(28)18-8-9-20(27)26(25-18)10-11-30-16-6-4-3-5-7-16/h3-9,12-13H,2,10-11H2,1H3. The van der Waals surface area contributed by atoms with Gasteiger partial charge in [0.1, 0.15) is 12.4 Å². The fraction of sp³-hybridized carbons (Fsp3) is 0.182. The number of nitriles is 1. The molecule has 0 spiro atoms. The fourth-order valence-electron chi connectivity index (χ4n) is 2.62. The first-order chi connectivity index (χ1) is 15.0. The lowest BCUT2D eigenvalue weighted by atomic mass is 10.2. The van der Waals surface area contributed by atoms with E-state index in [9.17, 15) is 9.59 Å². The molecule has 0 aliphatic heterocycles. The number of aromatic nitrogens is 2. The Morgan fingerprint density at radius 2 is 1.94 bits per heavy atom. The monoisotopic (exact) mass is 439 g/mol. The second-order valence-electron chi connectivity index (χ2n) is 6.16. The lowest BCUT2D eigenvalue weighted by Crippen LogP contribution is -2.27. The third-order valence-corrected chi connectivity index (χ3v) is 4.30. The summed E-state index contributed by atoms with van der Waals surface area (Å²) in [6.45, 7) is 2.34. The molecule has 0 fully saturated rings. The van der Waals surface area contributed by atoms with Crippen molar-refractivity contribution in [3.05, 3.63) is 81.2 Å². The molecule has 0 saturated carbocycles. The van der Waals surface area contributed by atoms with Crippen LogP contribution in [0.3, 0.4) is 0 Å². The van der Waals surface area contributed by atoms with Gasteiger partial charge in [0.25, 0.3) is 5.56 Å². The quantitative estimate of drug-likeness (QED) is 0.391. The van der Waals surface area contributed by atoms with Gasteiger partial charge in [-0.2, -0.15) is 10.4 Å². The van der Waals surface area contributed by atoms with E-state index in [1.54, 1.807) is 19.1 Å². The van der Waals surface area contributed by atoms with Crippen molar-refractivity contribution in [2.45, 2.75) is 13.5 Å². The second kappa shape index (κ2) is 10.3. The fourth-order valence-corrected chi connectivity index (χ4v) is 2.87. The molecule has 3 rings (SSSR count). The summed E-state index contributed by atoms with van der Waals surface area (Å²) in [5.41, 5.74) is -0.222. The largest absolute Gasteiger partial charge is 0.492 e. The number of halogens is 1. The summed E-state index contributed by atoms with van der Waals surface area (Å²) in [5, 5.41) is 13.2. The van der Waals surface area contributed by atoms with Gasteiger partial charge in [0.05, 0.1) is 29.8 Å². The normalized spacial score (nSPS) is 10.2. The molecule has 9 heteroatoms. The van der Waals surface area contributed by atoms with Crippen molar-refractivity contribution < 1.29 is 19.0 Å². The third kappa shape index (κ3) is 5.62. The summed E-state index contributed by atoms with van der Waals surface area (Å²) < 4.78 is 17.5. The molecule has 1 aromatic heterocycles. The van der Waals surface area contributed by atoms with E-state index in [0.717, 1.165) is 4.68 Å². The molecule has 8 nitrogen and oxygen atoms in total. The van der Waals surface area contributed by atoms with Crippen LogP contribution in [0.15, 0.2) is 59.4 Å². The molecule has 0 unspecified atom stereocenters. The number of benzene rings is 2. The van der Waals surface area contributed by atoms with Gasteiger partial charge in [0.15, 0.2) is 17.2 Å². The molecule has 0 radical (unpaired) electrons. The van der Waals surface area contributed by atoms with Gasteiger partial charge in [-0.05, 0) is 31.2 Å². The highest BCUT2D eigenvalue weighted by molar-refractivity contribution is 6.32. The minimum Gasteiger partial charge on any atom is -0.492 e. The van der Waals surface area contributed by atoms with E-state index >= 15 is 0 Å². The van der Waals surface area contributed by atoms with E-state index in [2.05, 4.69) is 5.10 Å². The lowest BCUT2D eigenvalue weighted by molar-refractivity contribution is 0.0719. The second-order valence-corrected chi connectivity index (χ2v) is 6.57. The number of carbonyl (C=O) groups is 1. The number of nitrogens with zero attached hydrogens (tertiary/aromatic N) is 3. The number of rotatable bonds is 8. The highest BCUT2D eigenvalue weighted by Gasteiger charge is 2.19. The first-order valence-corrected chi connectivity index (χ1v) is 9.74. The van der Waals surface area contributed by atoms with Crippen LogP contribution in [-0.2, 0) is 6.54 Å². The topological polar surface area (TPSA) is 103 Å². The predicted octanol–water partition coefficient (Wildman–Crippen LogP) is 3.47. The minimum absolute atomic E-state index is 0.0283. The Balaban J connectivity index is 1.76. The average molecular weight is 440 g/mol. The molecule has 158 valence electrons. The first kappa shape index (κ1) is 21.9. The molecule has 0 N–H and O–H groups in total. The van der Waals surface area contributed by atoms with E-state index in [-0.39, 0.29) is 53.1 Å². The summed E-state index contributed by atoms with van der Waals surface area (Å²) in [7, 11) is 0. The predicted molar refractivity (Wildman–Crippen MR) is 113 cm³/mol. The van der Waals surface area contributed by atoms with Crippen molar-refractivity contribution in [3.63, 3.8) is 0 Å². The maximum Gasteiger partial charge on any atom is 0.364 e. The van der Waals surface area contributed by atoms with Crippen molar-refractivity contribution in [2.24, 2.45) is 0 Å². The molecule has 0 amide bonds. The molecule has 0 saturated heterocycles. The van der Waals surface area contributed by atoms with E-state index in [4.69, 9.17) is 31.1 Å². The van der Waals surface area contributed by atoms with Crippen LogP contribution in [0.25, 0.3) is 0 Å². The lowest BCUT2D eigenvalue weighted by Gasteiger charge is -2.13. The van der Waals surface area contributed by atoms with E-state index in [1.165, 1.54) is 24.3 Å². The van der Waals surface area contributed by atoms with Gasteiger partial charge in [-0.25, -0.2) is 9.48 Å². The Kier molecular flexibility index (Phi) is 7.25. The van der Waals surface area contributed by atoms with Crippen LogP contribution in [0.1, 0.15) is 23.0 Å². The molecule has 1 heterocycles. The van der Waals surface area contributed by atoms with Gasteiger partial charge < -0.3 is 14.2 Å². The number of carbonyl (C=O) groups excluding carboxylic acids is 1. The summed E-state index contributed by atoms with van der Waals surface area (Å²) in [4.78, 5) is 24.7. The Labute approximate surface area is 183 Å². The van der Waals surface area contributed by atoms with Crippen LogP contribution in [-0.4, -0.2) is 29.0 Å². The average Bonchev–Trinajstić information content (AvgIpc) is 2.78. The van der Waals surface area contributed by atoms with Crippen molar-refractivity contribution in [1.82, 2.24) is 9.78 Å². The number of esters is 1. The van der Waals surface area contributed by atoms with Gasteiger partial charge in [-0.3, -0.25) is 4.79 Å². The molecule has 0 bridgehead atoms. The van der Waals surface area contributed by atoms with Gasteiger partial charge in [0.2, 0.25) is 0 Å². The Hall–Kier alpha value is -3.83. The molecular formula is C22H18ClN3O5. The molecule has 0 aliphatic rings. The number of hydrogen-bond donors (Lipinski definition) is 0. The first-order valence-electron chi connectivity index (χ1n) is 9.36. The minimum atomic E-state index is -0.828. The van der Waals surface area contributed by atoms with E-state index < -0.39 is 5.97 Å². The highest BCUT2D eigenvalue weighted by Crippen LogP contribution is 2.37. The maximum absolute atomic E-state index is 12.6. The summed E-state index contributed by atoms with van der Waals surface area (Å²) in [5.74, 6) is -0.0423. The SMILES string of the molecule is CCOc1cc(C#N)cc(Cl)c1OC(=O)c1ccc(=O)n(CCOc2ccccc2)n1. The molecular weight excluding hydrogens is 422 g/mol. The van der Waals surface area contributed by atoms with Crippen LogP contribution in [0.4, 0.5) is 0 Å². The van der Waals surface area contributed by atoms with Crippen LogP contribution in [0.2, 0.25) is 5.02 Å². The Bertz CT molecular complexity index is 1170. The van der Waals surface area contributed by atoms with E-state index in [0.29, 0.717) is 5.75 Å². The van der Waals surface area contributed by atoms with Crippen LogP contribution < -0.4 is 19.8 Å². The Morgan fingerprint density at radius 1 is 1.16 bits per heavy atom. The number of ether oxygens (including phenoxy) is 3. The number of para-hydroxylation sites is 1. The zero-order valence-electron chi connectivity index (χ0n) is 16.6. The molecule has 2 aromatic carbocycles. The van der Waals surface area contributed by atoms with Gasteiger partial charge in [0, 0.05) is 12.1 Å². The molecule has 3 aromatic rings. The summed E-state index contributed by atoms with van der Waals surface area (Å²) in [6.07, 6.45) is 0. The van der Waals surface area contributed by atoms with Crippen molar-refractivity contribution >= 4 is 17.6 Å². The number of hydrogen-bond acceptors (Lipinski definition) is 7. The van der Waals surface area contributed by atoms with Crippen LogP contribution >= 0.6 is 11.6 Å². The summed E-state index contributed by atoms with van der Waals surface area (Å²) in [6, 6.07) is 16.3. The molecule has 0 atom stereocenters. The van der Waals surface area contributed by atoms with Crippen molar-refractivity contribution in [2.75, 3.05) is 13.2 Å². The van der Waals surface area contributed by atoms with Gasteiger partial charge in [-0.1, -0.05) is 29.8 Å². The zero-order valence-corrected chi connectivity index (χ0v) is 17.3. The molecule has 0 aliphatic carbocycles. The van der Waals surface area contributed by atoms with Crippen molar-refractivity contribution in [1.29, 1.82) is 5.26 Å². The molecule has 31 heavy (non-hydrogen) atoms. The maximum atomic E-state index is 12.6. The van der Waals surface area contributed by atoms with E-state index in [1.807, 2.05) is 24.3 Å². The van der Waals surface area contributed by atoms with Gasteiger partial charge >= 0.3 is 5.97 Å². The zero-order chi connectivity index (χ0) is 22.2. The van der Waals surface area contributed by atoms with Crippen LogP contribution in [0, 0.1) is 11.3 Å².